The van der Waals surface area contributed by atoms with Crippen LogP contribution in [0.4, 0.5) is 8.78 Å². The summed E-state index contributed by atoms with van der Waals surface area (Å²) in [6.07, 6.45) is 1.28. The highest BCUT2D eigenvalue weighted by Crippen LogP contribution is 2.30. The molecule has 2 saturated heterocycles. The minimum absolute atomic E-state index is 0.114. The first-order valence-corrected chi connectivity index (χ1v) is 9.95. The van der Waals surface area contributed by atoms with Crippen molar-refractivity contribution in [3.63, 3.8) is 0 Å². The van der Waals surface area contributed by atoms with E-state index in [4.69, 9.17) is 0 Å². The molecule has 0 radical (unpaired) electrons. The van der Waals surface area contributed by atoms with Crippen LogP contribution in [0.1, 0.15) is 31.2 Å². The fraction of sp³-hybridized carbons (Fsp3) is 0.588. The van der Waals surface area contributed by atoms with E-state index in [9.17, 15) is 22.0 Å². The van der Waals surface area contributed by atoms with Crippen molar-refractivity contribution >= 4 is 15.9 Å². The second-order valence-electron chi connectivity index (χ2n) is 6.72. The summed E-state index contributed by atoms with van der Waals surface area (Å²) >= 11 is 0. The Morgan fingerprint density at radius 3 is 2.52 bits per heavy atom. The first kappa shape index (κ1) is 18.3. The number of rotatable bonds is 3. The van der Waals surface area contributed by atoms with Gasteiger partial charge in [-0.05, 0) is 49.9 Å². The molecule has 0 aliphatic carbocycles. The van der Waals surface area contributed by atoms with Gasteiger partial charge in [0.05, 0.1) is 4.90 Å². The SMILES string of the molecule is Cc1cc(S(=O)(=O)N2C[C@@H](F)C[C@H]2C(=O)N2CCCCC2)ccc1F. The van der Waals surface area contributed by atoms with Crippen LogP contribution < -0.4 is 0 Å². The Hall–Kier alpha value is -1.54. The molecule has 0 N–H and O–H groups in total. The molecule has 0 aromatic heterocycles. The lowest BCUT2D eigenvalue weighted by atomic mass is 10.1. The molecule has 138 valence electrons. The number of hydrogen-bond acceptors (Lipinski definition) is 3. The molecule has 0 bridgehead atoms. The number of carbonyl (C=O) groups excluding carboxylic acids is 1. The lowest BCUT2D eigenvalue weighted by molar-refractivity contribution is -0.135. The van der Waals surface area contributed by atoms with Crippen molar-refractivity contribution < 1.29 is 22.0 Å². The van der Waals surface area contributed by atoms with Gasteiger partial charge in [-0.2, -0.15) is 4.31 Å². The lowest BCUT2D eigenvalue weighted by Gasteiger charge is -2.32. The van der Waals surface area contributed by atoms with Crippen molar-refractivity contribution in [2.24, 2.45) is 0 Å². The Kier molecular flexibility index (Phi) is 5.11. The predicted molar refractivity (Wildman–Crippen MR) is 88.8 cm³/mol. The largest absolute Gasteiger partial charge is 0.341 e. The van der Waals surface area contributed by atoms with Gasteiger partial charge in [0.1, 0.15) is 18.0 Å². The Morgan fingerprint density at radius 1 is 1.20 bits per heavy atom. The molecule has 0 unspecified atom stereocenters. The van der Waals surface area contributed by atoms with Gasteiger partial charge in [0.15, 0.2) is 0 Å². The quantitative estimate of drug-likeness (QED) is 0.818. The number of sulfonamides is 1. The second-order valence-corrected chi connectivity index (χ2v) is 8.61. The van der Waals surface area contributed by atoms with E-state index < -0.39 is 28.1 Å². The van der Waals surface area contributed by atoms with Crippen LogP contribution in [-0.2, 0) is 14.8 Å². The van der Waals surface area contributed by atoms with E-state index in [0.29, 0.717) is 13.1 Å². The molecule has 2 aliphatic heterocycles. The minimum atomic E-state index is -4.06. The fourth-order valence-corrected chi connectivity index (χ4v) is 5.19. The smallest absolute Gasteiger partial charge is 0.243 e. The maximum absolute atomic E-state index is 14.0. The van der Waals surface area contributed by atoms with Gasteiger partial charge in [-0.3, -0.25) is 4.79 Å². The van der Waals surface area contributed by atoms with Crippen LogP contribution in [0.3, 0.4) is 0 Å². The van der Waals surface area contributed by atoms with Crippen molar-refractivity contribution in [2.45, 2.75) is 49.7 Å². The van der Waals surface area contributed by atoms with Gasteiger partial charge >= 0.3 is 0 Å². The highest BCUT2D eigenvalue weighted by Gasteiger charge is 2.45. The third kappa shape index (κ3) is 3.55. The molecule has 8 heteroatoms. The molecule has 2 heterocycles. The molecule has 5 nitrogen and oxygen atoms in total. The van der Waals surface area contributed by atoms with Gasteiger partial charge in [-0.1, -0.05) is 0 Å². The Balaban J connectivity index is 1.89. The summed E-state index contributed by atoms with van der Waals surface area (Å²) in [7, 11) is -4.06. The van der Waals surface area contributed by atoms with Gasteiger partial charge in [0.25, 0.3) is 0 Å². The van der Waals surface area contributed by atoms with Crippen molar-refractivity contribution in [3.8, 4) is 0 Å². The van der Waals surface area contributed by atoms with Gasteiger partial charge in [0.2, 0.25) is 15.9 Å². The zero-order valence-corrected chi connectivity index (χ0v) is 14.9. The molecule has 0 spiro atoms. The van der Waals surface area contributed by atoms with Crippen LogP contribution in [0.25, 0.3) is 0 Å². The highest BCUT2D eigenvalue weighted by atomic mass is 32.2. The Labute approximate surface area is 146 Å². The number of benzene rings is 1. The van der Waals surface area contributed by atoms with Gasteiger partial charge in [0, 0.05) is 26.1 Å². The highest BCUT2D eigenvalue weighted by molar-refractivity contribution is 7.89. The third-order valence-corrected chi connectivity index (χ3v) is 6.76. The molecule has 2 atom stereocenters. The maximum Gasteiger partial charge on any atom is 0.243 e. The van der Waals surface area contributed by atoms with E-state index in [1.807, 2.05) is 0 Å². The Morgan fingerprint density at radius 2 is 1.88 bits per heavy atom. The van der Waals surface area contributed by atoms with Crippen LogP contribution in [0, 0.1) is 12.7 Å². The van der Waals surface area contributed by atoms with E-state index in [0.717, 1.165) is 35.7 Å². The van der Waals surface area contributed by atoms with Crippen molar-refractivity contribution in [3.05, 3.63) is 29.6 Å². The average molecular weight is 372 g/mol. The molecule has 25 heavy (non-hydrogen) atoms. The van der Waals surface area contributed by atoms with E-state index in [1.54, 1.807) is 4.90 Å². The van der Waals surface area contributed by atoms with Crippen LogP contribution in [0.15, 0.2) is 23.1 Å². The van der Waals surface area contributed by atoms with E-state index in [2.05, 4.69) is 0 Å². The number of amides is 1. The number of hydrogen-bond donors (Lipinski definition) is 0. The fourth-order valence-electron chi connectivity index (χ4n) is 3.48. The number of halogens is 2. The van der Waals surface area contributed by atoms with Crippen molar-refractivity contribution in [1.29, 1.82) is 0 Å². The second kappa shape index (κ2) is 6.99. The molecule has 1 amide bonds. The molecule has 3 rings (SSSR count). The number of aryl methyl sites for hydroxylation is 1. The van der Waals surface area contributed by atoms with E-state index in [-0.39, 0.29) is 29.3 Å². The van der Waals surface area contributed by atoms with Crippen molar-refractivity contribution in [2.75, 3.05) is 19.6 Å². The number of alkyl halides is 1. The number of carbonyl (C=O) groups is 1. The lowest BCUT2D eigenvalue weighted by Crippen LogP contribution is -2.49. The molecule has 1 aromatic rings. The Bertz CT molecular complexity index is 763. The number of nitrogens with zero attached hydrogens (tertiary/aromatic N) is 2. The summed E-state index contributed by atoms with van der Waals surface area (Å²) < 4.78 is 54.2. The molecule has 2 fully saturated rings. The summed E-state index contributed by atoms with van der Waals surface area (Å²) in [5, 5.41) is 0. The van der Waals surface area contributed by atoms with Crippen molar-refractivity contribution in [1.82, 2.24) is 9.21 Å². The molecule has 0 saturated carbocycles. The van der Waals surface area contributed by atoms with Crippen LogP contribution in [0.5, 0.6) is 0 Å². The topological polar surface area (TPSA) is 57.7 Å². The third-order valence-electron chi connectivity index (χ3n) is 4.89. The average Bonchev–Trinajstić information content (AvgIpc) is 3.00. The first-order valence-electron chi connectivity index (χ1n) is 8.51. The molecule has 2 aliphatic rings. The van der Waals surface area contributed by atoms with Gasteiger partial charge in [-0.15, -0.1) is 0 Å². The summed E-state index contributed by atoms with van der Waals surface area (Å²) in [5.41, 5.74) is 0.191. The van der Waals surface area contributed by atoms with E-state index in [1.165, 1.54) is 13.0 Å². The van der Waals surface area contributed by atoms with Crippen LogP contribution in [0.2, 0.25) is 0 Å². The standard InChI is InChI=1S/C17H22F2N2O3S/c1-12-9-14(5-6-15(12)19)25(23,24)21-11-13(18)10-16(21)17(22)20-7-3-2-4-8-20/h5-6,9,13,16H,2-4,7-8,10-11H2,1H3/t13-,16-/m0/s1. The minimum Gasteiger partial charge on any atom is -0.341 e. The summed E-state index contributed by atoms with van der Waals surface area (Å²) in [4.78, 5) is 14.3. The number of likely N-dealkylation sites (tertiary alicyclic amines) is 1. The molecule has 1 aromatic carbocycles. The first-order chi connectivity index (χ1) is 11.8. The zero-order chi connectivity index (χ0) is 18.2. The van der Waals surface area contributed by atoms with Gasteiger partial charge < -0.3 is 4.90 Å². The van der Waals surface area contributed by atoms with E-state index >= 15 is 0 Å². The maximum atomic E-state index is 14.0. The summed E-state index contributed by atoms with van der Waals surface area (Å²) in [6, 6.07) is 2.43. The number of piperidine rings is 1. The molecular weight excluding hydrogens is 350 g/mol. The summed E-state index contributed by atoms with van der Waals surface area (Å²) in [6.45, 7) is 2.28. The molecular formula is C17H22F2N2O3S. The zero-order valence-electron chi connectivity index (χ0n) is 14.1. The van der Waals surface area contributed by atoms with Crippen LogP contribution >= 0.6 is 0 Å². The van der Waals surface area contributed by atoms with Gasteiger partial charge in [-0.25, -0.2) is 17.2 Å². The monoisotopic (exact) mass is 372 g/mol. The predicted octanol–water partition coefficient (Wildman–Crippen LogP) is 2.25. The van der Waals surface area contributed by atoms with Crippen LogP contribution in [-0.4, -0.2) is 55.4 Å². The summed E-state index contributed by atoms with van der Waals surface area (Å²) in [5.74, 6) is -0.841. The normalized spacial score (nSPS) is 25.3.